The minimum absolute atomic E-state index is 0.0610. The minimum atomic E-state index is -3.77. The van der Waals surface area contributed by atoms with E-state index in [0.29, 0.717) is 39.3 Å². The first-order valence-corrected chi connectivity index (χ1v) is 12.7. The van der Waals surface area contributed by atoms with Crippen LogP contribution in [0.5, 0.6) is 5.75 Å². The normalized spacial score (nSPS) is 15.1. The van der Waals surface area contributed by atoms with Gasteiger partial charge in [-0.05, 0) is 42.3 Å². The molecule has 0 bridgehead atoms. The van der Waals surface area contributed by atoms with E-state index in [-0.39, 0.29) is 10.5 Å². The first-order chi connectivity index (χ1) is 15.8. The standard InChI is InChI=1S/C24H32FN3O4S/c1-4-28(5-2)33(30,31)21-10-11-23(25)22(18-21)24(29)27-16-14-26(15-17-27)13-12-19-6-8-20(32-3)9-7-19/h6-11,18H,4-5,12-17H2,1-3H3. The van der Waals surface area contributed by atoms with Crippen molar-refractivity contribution >= 4 is 15.9 Å². The van der Waals surface area contributed by atoms with Gasteiger partial charge in [-0.15, -0.1) is 0 Å². The number of sulfonamides is 1. The third-order valence-corrected chi connectivity index (χ3v) is 8.09. The molecule has 0 N–H and O–H groups in total. The number of halogens is 1. The van der Waals surface area contributed by atoms with Crippen LogP contribution in [0, 0.1) is 5.82 Å². The highest BCUT2D eigenvalue weighted by molar-refractivity contribution is 7.89. The van der Waals surface area contributed by atoms with Gasteiger partial charge in [0.1, 0.15) is 11.6 Å². The van der Waals surface area contributed by atoms with E-state index >= 15 is 0 Å². The predicted octanol–water partition coefficient (Wildman–Crippen LogP) is 2.87. The molecule has 1 amide bonds. The van der Waals surface area contributed by atoms with Crippen LogP contribution in [0.3, 0.4) is 0 Å². The summed E-state index contributed by atoms with van der Waals surface area (Å²) >= 11 is 0. The zero-order valence-corrected chi connectivity index (χ0v) is 20.3. The van der Waals surface area contributed by atoms with Crippen LogP contribution in [0.2, 0.25) is 0 Å². The summed E-state index contributed by atoms with van der Waals surface area (Å²) in [5.74, 6) is -0.355. The number of rotatable bonds is 9. The van der Waals surface area contributed by atoms with Gasteiger partial charge in [0.15, 0.2) is 0 Å². The molecule has 0 aromatic heterocycles. The van der Waals surface area contributed by atoms with Crippen LogP contribution in [0.4, 0.5) is 4.39 Å². The summed E-state index contributed by atoms with van der Waals surface area (Å²) in [6.45, 7) is 7.25. The molecule has 9 heteroatoms. The lowest BCUT2D eigenvalue weighted by Gasteiger charge is -2.35. The van der Waals surface area contributed by atoms with Crippen LogP contribution in [0.25, 0.3) is 0 Å². The van der Waals surface area contributed by atoms with Crippen molar-refractivity contribution in [1.29, 1.82) is 0 Å². The average Bonchev–Trinajstić information content (AvgIpc) is 2.83. The van der Waals surface area contributed by atoms with E-state index in [9.17, 15) is 17.6 Å². The topological polar surface area (TPSA) is 70.2 Å². The number of benzene rings is 2. The van der Waals surface area contributed by atoms with Crippen molar-refractivity contribution in [3.63, 3.8) is 0 Å². The molecule has 180 valence electrons. The van der Waals surface area contributed by atoms with Gasteiger partial charge in [-0.3, -0.25) is 9.69 Å². The Morgan fingerprint density at radius 2 is 1.67 bits per heavy atom. The number of carbonyl (C=O) groups excluding carboxylic acids is 1. The molecule has 2 aromatic rings. The van der Waals surface area contributed by atoms with Crippen molar-refractivity contribution in [1.82, 2.24) is 14.1 Å². The number of nitrogens with zero attached hydrogens (tertiary/aromatic N) is 3. The second-order valence-corrected chi connectivity index (χ2v) is 9.90. The van der Waals surface area contributed by atoms with Crippen molar-refractivity contribution in [3.8, 4) is 5.75 Å². The highest BCUT2D eigenvalue weighted by Gasteiger charge is 2.27. The van der Waals surface area contributed by atoms with Crippen LogP contribution >= 0.6 is 0 Å². The fraction of sp³-hybridized carbons (Fsp3) is 0.458. The van der Waals surface area contributed by atoms with Gasteiger partial charge in [-0.25, -0.2) is 12.8 Å². The highest BCUT2D eigenvalue weighted by Crippen LogP contribution is 2.21. The molecule has 1 heterocycles. The summed E-state index contributed by atoms with van der Waals surface area (Å²) in [6, 6.07) is 11.4. The molecular weight excluding hydrogens is 445 g/mol. The first-order valence-electron chi connectivity index (χ1n) is 11.2. The van der Waals surface area contributed by atoms with Crippen molar-refractivity contribution in [3.05, 3.63) is 59.4 Å². The van der Waals surface area contributed by atoms with Crippen LogP contribution < -0.4 is 4.74 Å². The molecule has 1 fully saturated rings. The summed E-state index contributed by atoms with van der Waals surface area (Å²) in [5.41, 5.74) is 1.01. The lowest BCUT2D eigenvalue weighted by Crippen LogP contribution is -2.49. The van der Waals surface area contributed by atoms with Gasteiger partial charge in [-0.1, -0.05) is 26.0 Å². The summed E-state index contributed by atoms with van der Waals surface area (Å²) in [7, 11) is -2.13. The fourth-order valence-corrected chi connectivity index (χ4v) is 5.45. The van der Waals surface area contributed by atoms with Gasteiger partial charge in [0.2, 0.25) is 10.0 Å². The molecule has 0 unspecified atom stereocenters. The molecule has 0 saturated carbocycles. The summed E-state index contributed by atoms with van der Waals surface area (Å²) in [4.78, 5) is 16.8. The van der Waals surface area contributed by atoms with Gasteiger partial charge >= 0.3 is 0 Å². The number of methoxy groups -OCH3 is 1. The van der Waals surface area contributed by atoms with Crippen LogP contribution in [0.15, 0.2) is 47.4 Å². The van der Waals surface area contributed by atoms with Crippen molar-refractivity contribution in [2.24, 2.45) is 0 Å². The second-order valence-electron chi connectivity index (χ2n) is 7.96. The molecule has 0 radical (unpaired) electrons. The Balaban J connectivity index is 1.62. The molecule has 2 aromatic carbocycles. The Kier molecular flexibility index (Phi) is 8.45. The van der Waals surface area contributed by atoms with E-state index in [1.807, 2.05) is 24.3 Å². The molecule has 33 heavy (non-hydrogen) atoms. The highest BCUT2D eigenvalue weighted by atomic mass is 32.2. The number of ether oxygens (including phenoxy) is 1. The maximum atomic E-state index is 14.5. The van der Waals surface area contributed by atoms with E-state index in [4.69, 9.17) is 4.74 Å². The molecule has 1 aliphatic heterocycles. The largest absolute Gasteiger partial charge is 0.497 e. The number of piperazine rings is 1. The minimum Gasteiger partial charge on any atom is -0.497 e. The summed E-state index contributed by atoms with van der Waals surface area (Å²) in [6.07, 6.45) is 0.887. The zero-order chi connectivity index (χ0) is 24.0. The SMILES string of the molecule is CCN(CC)S(=O)(=O)c1ccc(F)c(C(=O)N2CCN(CCc3ccc(OC)cc3)CC2)c1. The number of carbonyl (C=O) groups is 1. The number of hydrogen-bond acceptors (Lipinski definition) is 5. The maximum absolute atomic E-state index is 14.5. The number of amides is 1. The van der Waals surface area contributed by atoms with Gasteiger partial charge in [0.25, 0.3) is 5.91 Å². The van der Waals surface area contributed by atoms with Crippen LogP contribution in [-0.4, -0.2) is 81.4 Å². The zero-order valence-electron chi connectivity index (χ0n) is 19.5. The molecule has 0 aliphatic carbocycles. The lowest BCUT2D eigenvalue weighted by atomic mass is 10.1. The third-order valence-electron chi connectivity index (χ3n) is 6.05. The Hall–Kier alpha value is -2.49. The van der Waals surface area contributed by atoms with Crippen LogP contribution in [0.1, 0.15) is 29.8 Å². The van der Waals surface area contributed by atoms with Gasteiger partial charge < -0.3 is 9.64 Å². The Morgan fingerprint density at radius 1 is 1.03 bits per heavy atom. The second kappa shape index (κ2) is 11.1. The molecule has 7 nitrogen and oxygen atoms in total. The van der Waals surface area contributed by atoms with E-state index in [0.717, 1.165) is 24.8 Å². The lowest BCUT2D eigenvalue weighted by molar-refractivity contribution is 0.0633. The quantitative estimate of drug-likeness (QED) is 0.556. The fourth-order valence-electron chi connectivity index (χ4n) is 3.97. The molecule has 0 atom stereocenters. The van der Waals surface area contributed by atoms with Crippen molar-refractivity contribution in [2.45, 2.75) is 25.2 Å². The smallest absolute Gasteiger partial charge is 0.256 e. The molecular formula is C24H32FN3O4S. The Labute approximate surface area is 195 Å². The van der Waals surface area contributed by atoms with E-state index in [2.05, 4.69) is 4.90 Å². The first kappa shape index (κ1) is 25.1. The Bertz CT molecular complexity index is 1050. The number of hydrogen-bond donors (Lipinski definition) is 0. The van der Waals surface area contributed by atoms with Gasteiger partial charge in [-0.2, -0.15) is 4.31 Å². The molecule has 3 rings (SSSR count). The van der Waals surface area contributed by atoms with Gasteiger partial charge in [0.05, 0.1) is 17.6 Å². The van der Waals surface area contributed by atoms with E-state index in [1.165, 1.54) is 22.0 Å². The molecule has 1 aliphatic rings. The van der Waals surface area contributed by atoms with E-state index in [1.54, 1.807) is 25.9 Å². The van der Waals surface area contributed by atoms with Crippen molar-refractivity contribution in [2.75, 3.05) is 52.9 Å². The van der Waals surface area contributed by atoms with Crippen molar-refractivity contribution < 1.29 is 22.3 Å². The van der Waals surface area contributed by atoms with E-state index < -0.39 is 21.7 Å². The third kappa shape index (κ3) is 5.90. The van der Waals surface area contributed by atoms with Gasteiger partial charge in [0, 0.05) is 45.8 Å². The summed E-state index contributed by atoms with van der Waals surface area (Å²) < 4.78 is 46.5. The van der Waals surface area contributed by atoms with Crippen LogP contribution in [-0.2, 0) is 16.4 Å². The molecule has 0 spiro atoms. The molecule has 1 saturated heterocycles. The predicted molar refractivity (Wildman–Crippen MR) is 126 cm³/mol. The monoisotopic (exact) mass is 477 g/mol. The average molecular weight is 478 g/mol. The summed E-state index contributed by atoms with van der Waals surface area (Å²) in [5, 5.41) is 0. The Morgan fingerprint density at radius 3 is 2.24 bits per heavy atom. The maximum Gasteiger partial charge on any atom is 0.256 e.